The fourth-order valence-electron chi connectivity index (χ4n) is 1.64. The summed E-state index contributed by atoms with van der Waals surface area (Å²) in [6.45, 7) is 1.93. The summed E-state index contributed by atoms with van der Waals surface area (Å²) in [6.07, 6.45) is 1.99. The zero-order chi connectivity index (χ0) is 14.3. The molecule has 19 heavy (non-hydrogen) atoms. The van der Waals surface area contributed by atoms with Gasteiger partial charge < -0.3 is 4.89 Å². The van der Waals surface area contributed by atoms with E-state index >= 15 is 0 Å². The molecule has 0 heterocycles. The predicted octanol–water partition coefficient (Wildman–Crippen LogP) is 2.98. The van der Waals surface area contributed by atoms with Crippen LogP contribution in [-0.2, 0) is 20.0 Å². The summed E-state index contributed by atoms with van der Waals surface area (Å²) in [5.74, 6) is -0.117. The molecule has 1 aromatic rings. The van der Waals surface area contributed by atoms with E-state index in [4.69, 9.17) is 4.89 Å². The van der Waals surface area contributed by atoms with E-state index in [-0.39, 0.29) is 18.8 Å². The second-order valence-corrected chi connectivity index (χ2v) is 5.67. The number of phosphoric ester groups is 1. The Labute approximate surface area is 113 Å². The van der Waals surface area contributed by atoms with Crippen LogP contribution in [0.25, 0.3) is 0 Å². The molecule has 0 amide bonds. The van der Waals surface area contributed by atoms with Crippen LogP contribution in [0, 0.1) is 0 Å². The van der Waals surface area contributed by atoms with Gasteiger partial charge in [-0.25, -0.2) is 4.57 Å². The highest BCUT2D eigenvalue weighted by Crippen LogP contribution is 2.41. The Balaban J connectivity index is 2.54. The molecule has 0 saturated heterocycles. The van der Waals surface area contributed by atoms with Gasteiger partial charge >= 0.3 is 7.82 Å². The molecule has 5 nitrogen and oxygen atoms in total. The highest BCUT2D eigenvalue weighted by Gasteiger charge is 2.18. The summed E-state index contributed by atoms with van der Waals surface area (Å²) < 4.78 is 19.9. The van der Waals surface area contributed by atoms with E-state index in [0.29, 0.717) is 5.56 Å². The van der Waals surface area contributed by atoms with E-state index in [0.717, 1.165) is 25.5 Å². The third-order valence-electron chi connectivity index (χ3n) is 2.60. The molecule has 0 aliphatic heterocycles. The lowest BCUT2D eigenvalue weighted by Crippen LogP contribution is -2.05. The molecule has 1 rings (SSSR count). The molecule has 1 aromatic carbocycles. The summed E-state index contributed by atoms with van der Waals surface area (Å²) in [4.78, 5) is 20.9. The lowest BCUT2D eigenvalue weighted by molar-refractivity contribution is 0.0947. The number of benzene rings is 1. The Hall–Kier alpha value is -1.00. The summed E-state index contributed by atoms with van der Waals surface area (Å²) >= 11 is 0. The average Bonchev–Trinajstić information content (AvgIpc) is 2.39. The van der Waals surface area contributed by atoms with E-state index in [1.54, 1.807) is 6.07 Å². The van der Waals surface area contributed by atoms with Gasteiger partial charge in [0, 0.05) is 19.1 Å². The maximum atomic E-state index is 11.9. The van der Waals surface area contributed by atoms with Gasteiger partial charge in [-0.2, -0.15) is 0 Å². The first-order valence-corrected chi connectivity index (χ1v) is 7.63. The van der Waals surface area contributed by atoms with Gasteiger partial charge in [0.05, 0.1) is 6.61 Å². The number of aryl methyl sites for hydroxylation is 1. The number of ketones is 1. The third kappa shape index (κ3) is 5.66. The molecule has 1 unspecified atom stereocenters. The quantitative estimate of drug-likeness (QED) is 0.587. The van der Waals surface area contributed by atoms with Crippen molar-refractivity contribution >= 4 is 13.6 Å². The zero-order valence-electron chi connectivity index (χ0n) is 11.2. The first-order chi connectivity index (χ1) is 8.98. The van der Waals surface area contributed by atoms with Crippen molar-refractivity contribution in [2.75, 3.05) is 13.7 Å². The number of phosphoric acid groups is 1. The van der Waals surface area contributed by atoms with Crippen LogP contribution in [0.2, 0.25) is 0 Å². The van der Waals surface area contributed by atoms with Crippen molar-refractivity contribution in [1.29, 1.82) is 0 Å². The third-order valence-corrected chi connectivity index (χ3v) is 3.57. The molecule has 0 saturated carbocycles. The number of hydrogen-bond acceptors (Lipinski definition) is 4. The molecule has 0 radical (unpaired) electrons. The van der Waals surface area contributed by atoms with Crippen LogP contribution in [0.3, 0.4) is 0 Å². The molecule has 106 valence electrons. The minimum Gasteiger partial charge on any atom is -0.303 e. The summed E-state index contributed by atoms with van der Waals surface area (Å²) in [5.41, 5.74) is 1.71. The van der Waals surface area contributed by atoms with Crippen molar-refractivity contribution in [3.05, 3.63) is 35.4 Å². The summed E-state index contributed by atoms with van der Waals surface area (Å²) in [5, 5.41) is 0. The van der Waals surface area contributed by atoms with Crippen molar-refractivity contribution in [1.82, 2.24) is 0 Å². The Morgan fingerprint density at radius 1 is 1.42 bits per heavy atom. The molecule has 0 aromatic heterocycles. The number of carbonyl (C=O) groups is 1. The van der Waals surface area contributed by atoms with Gasteiger partial charge in [-0.15, -0.1) is 0 Å². The largest absolute Gasteiger partial charge is 0.471 e. The molecular formula is C13H19O5P. The van der Waals surface area contributed by atoms with Crippen LogP contribution in [0.4, 0.5) is 0 Å². The molecule has 0 bridgehead atoms. The second kappa shape index (κ2) is 7.56. The van der Waals surface area contributed by atoms with E-state index < -0.39 is 7.82 Å². The van der Waals surface area contributed by atoms with E-state index in [1.165, 1.54) is 0 Å². The fourth-order valence-corrected chi connectivity index (χ4v) is 2.07. The highest BCUT2D eigenvalue weighted by molar-refractivity contribution is 7.47. The topological polar surface area (TPSA) is 72.8 Å². The van der Waals surface area contributed by atoms with E-state index in [2.05, 4.69) is 16.0 Å². The van der Waals surface area contributed by atoms with Gasteiger partial charge in [0.1, 0.15) is 0 Å². The van der Waals surface area contributed by atoms with Crippen LogP contribution in [0.15, 0.2) is 24.3 Å². The van der Waals surface area contributed by atoms with Crippen molar-refractivity contribution < 1.29 is 23.3 Å². The molecule has 0 aliphatic rings. The minimum absolute atomic E-state index is 0.0451. The molecule has 1 atom stereocenters. The number of rotatable bonds is 8. The Morgan fingerprint density at radius 3 is 2.79 bits per heavy atom. The Morgan fingerprint density at radius 2 is 2.16 bits per heavy atom. The van der Waals surface area contributed by atoms with Crippen molar-refractivity contribution in [3.63, 3.8) is 0 Å². The minimum atomic E-state index is -3.99. The maximum absolute atomic E-state index is 11.9. The SMILES string of the molecule is CCCc1cccc(C(=O)CCOP(=O)(O)OC)c1. The molecular weight excluding hydrogens is 267 g/mol. The standard InChI is InChI=1S/C13H19O5P/c1-3-5-11-6-4-7-12(10-11)13(14)8-9-18-19(15,16)17-2/h4,6-7,10H,3,5,8-9H2,1-2H3,(H,15,16). The van der Waals surface area contributed by atoms with Crippen LogP contribution >= 0.6 is 7.82 Å². The maximum Gasteiger partial charge on any atom is 0.471 e. The number of carbonyl (C=O) groups excluding carboxylic acids is 1. The van der Waals surface area contributed by atoms with Gasteiger partial charge in [-0.05, 0) is 18.1 Å². The van der Waals surface area contributed by atoms with Gasteiger partial charge in [-0.1, -0.05) is 31.5 Å². The zero-order valence-corrected chi connectivity index (χ0v) is 12.1. The first-order valence-electron chi connectivity index (χ1n) is 6.13. The van der Waals surface area contributed by atoms with Gasteiger partial charge in [-0.3, -0.25) is 13.8 Å². The van der Waals surface area contributed by atoms with Gasteiger partial charge in [0.25, 0.3) is 0 Å². The van der Waals surface area contributed by atoms with Crippen molar-refractivity contribution in [2.45, 2.75) is 26.2 Å². The molecule has 0 fully saturated rings. The lowest BCUT2D eigenvalue weighted by atomic mass is 10.0. The number of hydrogen-bond donors (Lipinski definition) is 1. The predicted molar refractivity (Wildman–Crippen MR) is 72.2 cm³/mol. The fraction of sp³-hybridized carbons (Fsp3) is 0.462. The van der Waals surface area contributed by atoms with E-state index in [9.17, 15) is 9.36 Å². The Kier molecular flexibility index (Phi) is 6.38. The molecule has 6 heteroatoms. The van der Waals surface area contributed by atoms with Crippen LogP contribution in [-0.4, -0.2) is 24.4 Å². The lowest BCUT2D eigenvalue weighted by Gasteiger charge is -2.08. The van der Waals surface area contributed by atoms with Crippen molar-refractivity contribution in [2.24, 2.45) is 0 Å². The van der Waals surface area contributed by atoms with Crippen LogP contribution < -0.4 is 0 Å². The van der Waals surface area contributed by atoms with Crippen molar-refractivity contribution in [3.8, 4) is 0 Å². The summed E-state index contributed by atoms with van der Waals surface area (Å²) in [6, 6.07) is 7.39. The van der Waals surface area contributed by atoms with Gasteiger partial charge in [0.2, 0.25) is 0 Å². The van der Waals surface area contributed by atoms with Crippen LogP contribution in [0.5, 0.6) is 0 Å². The molecule has 0 spiro atoms. The second-order valence-electron chi connectivity index (χ2n) is 4.11. The van der Waals surface area contributed by atoms with Gasteiger partial charge in [0.15, 0.2) is 5.78 Å². The Bertz CT molecular complexity index is 472. The molecule has 0 aliphatic carbocycles. The molecule has 1 N–H and O–H groups in total. The summed E-state index contributed by atoms with van der Waals surface area (Å²) in [7, 11) is -2.91. The first kappa shape index (κ1) is 16.1. The van der Waals surface area contributed by atoms with Crippen LogP contribution in [0.1, 0.15) is 35.7 Å². The smallest absolute Gasteiger partial charge is 0.303 e. The normalized spacial score (nSPS) is 14.1. The number of Topliss-reactive ketones (excluding diaryl/α,β-unsaturated/α-hetero) is 1. The van der Waals surface area contributed by atoms with E-state index in [1.807, 2.05) is 18.2 Å². The highest BCUT2D eigenvalue weighted by atomic mass is 31.2. The monoisotopic (exact) mass is 286 g/mol. The average molecular weight is 286 g/mol.